The number of anilines is 2. The molecule has 0 radical (unpaired) electrons. The molecule has 1 saturated heterocycles. The van der Waals surface area contributed by atoms with E-state index in [1.54, 1.807) is 35.0 Å². The second-order valence-electron chi connectivity index (χ2n) is 9.19. The Morgan fingerprint density at radius 2 is 1.79 bits per heavy atom. The highest BCUT2D eigenvalue weighted by molar-refractivity contribution is 6.62. The number of rotatable bonds is 5. The number of pyridine rings is 1. The first-order valence-corrected chi connectivity index (χ1v) is 11.4. The maximum absolute atomic E-state index is 12.7. The van der Waals surface area contributed by atoms with E-state index >= 15 is 0 Å². The fourth-order valence-electron chi connectivity index (χ4n) is 3.81. The average molecular weight is 465 g/mol. The van der Waals surface area contributed by atoms with E-state index in [4.69, 9.17) is 9.31 Å². The Bertz CT molecular complexity index is 1020. The van der Waals surface area contributed by atoms with E-state index in [-0.39, 0.29) is 12.1 Å². The molecule has 33 heavy (non-hydrogen) atoms. The number of nitrogens with zero attached hydrogens (tertiary/aromatic N) is 4. The quantitative estimate of drug-likeness (QED) is 0.685. The van der Waals surface area contributed by atoms with Crippen molar-refractivity contribution >= 4 is 24.1 Å². The minimum absolute atomic E-state index is 0.217. The first-order chi connectivity index (χ1) is 15.4. The lowest BCUT2D eigenvalue weighted by atomic mass is 9.80. The van der Waals surface area contributed by atoms with Crippen molar-refractivity contribution in [2.24, 2.45) is 7.05 Å². The largest absolute Gasteiger partial charge is 0.496 e. The van der Waals surface area contributed by atoms with Crippen LogP contribution in [0.4, 0.5) is 20.3 Å². The lowest BCUT2D eigenvalue weighted by molar-refractivity contribution is 0.00578. The number of aryl methyl sites for hydroxylation is 1. The minimum Gasteiger partial charge on any atom is -0.399 e. The zero-order valence-electron chi connectivity index (χ0n) is 20.5. The van der Waals surface area contributed by atoms with Gasteiger partial charge in [-0.1, -0.05) is 13.8 Å². The summed E-state index contributed by atoms with van der Waals surface area (Å²) in [6.45, 7) is 13.1. The summed E-state index contributed by atoms with van der Waals surface area (Å²) in [5.41, 5.74) is 0.684. The molecule has 2 aliphatic rings. The van der Waals surface area contributed by atoms with E-state index in [9.17, 15) is 13.6 Å². The minimum atomic E-state index is -2.37. The van der Waals surface area contributed by atoms with Crippen LogP contribution in [0.2, 0.25) is 0 Å². The number of aromatic nitrogens is 3. The molecule has 1 N–H and O–H groups in total. The Morgan fingerprint density at radius 1 is 1.15 bits per heavy atom. The van der Waals surface area contributed by atoms with Gasteiger partial charge in [-0.3, -0.25) is 14.4 Å². The number of fused-ring (bicyclic) bond motifs is 1. The molecular formula is C22H34BF2N5O3. The van der Waals surface area contributed by atoms with Crippen molar-refractivity contribution in [3.63, 3.8) is 0 Å². The summed E-state index contributed by atoms with van der Waals surface area (Å²) in [4.78, 5) is 14.4. The van der Waals surface area contributed by atoms with Crippen LogP contribution >= 0.6 is 0 Å². The van der Waals surface area contributed by atoms with Gasteiger partial charge in [-0.15, -0.1) is 0 Å². The molecule has 0 spiro atoms. The molecule has 4 heterocycles. The highest BCUT2D eigenvalue weighted by Gasteiger charge is 2.52. The maximum Gasteiger partial charge on any atom is 0.496 e. The van der Waals surface area contributed by atoms with Crippen molar-refractivity contribution in [2.45, 2.75) is 72.3 Å². The van der Waals surface area contributed by atoms with Crippen LogP contribution in [-0.2, 0) is 29.4 Å². The van der Waals surface area contributed by atoms with Gasteiger partial charge in [0.2, 0.25) is 0 Å². The highest BCUT2D eigenvalue weighted by Crippen LogP contribution is 2.36. The summed E-state index contributed by atoms with van der Waals surface area (Å²) in [5.74, 6) is 0.497. The fraction of sp³-hybridized carbons (Fsp3) is 0.636. The van der Waals surface area contributed by atoms with E-state index in [0.29, 0.717) is 31.1 Å². The number of alkyl halides is 2. The lowest BCUT2D eigenvalue weighted by Crippen LogP contribution is -2.41. The van der Waals surface area contributed by atoms with Gasteiger partial charge in [0.25, 0.3) is 12.0 Å². The molecule has 0 saturated carbocycles. The third kappa shape index (κ3) is 5.31. The van der Waals surface area contributed by atoms with Crippen molar-refractivity contribution in [3.05, 3.63) is 34.4 Å². The lowest BCUT2D eigenvalue weighted by Gasteiger charge is -2.32. The highest BCUT2D eigenvalue weighted by atomic mass is 19.3. The molecule has 0 aliphatic carbocycles. The van der Waals surface area contributed by atoms with Gasteiger partial charge in [-0.05, 0) is 33.8 Å². The molecule has 0 aromatic carbocycles. The summed E-state index contributed by atoms with van der Waals surface area (Å²) < 4.78 is 40.9. The van der Waals surface area contributed by atoms with Crippen molar-refractivity contribution in [1.29, 1.82) is 0 Å². The van der Waals surface area contributed by atoms with Crippen LogP contribution in [0.5, 0.6) is 0 Å². The molecule has 2 aliphatic heterocycles. The molecule has 182 valence electrons. The van der Waals surface area contributed by atoms with Crippen molar-refractivity contribution in [3.8, 4) is 0 Å². The Morgan fingerprint density at radius 3 is 2.39 bits per heavy atom. The predicted molar refractivity (Wildman–Crippen MR) is 126 cm³/mol. The SMILES string of the molecule is CC.Cn1cc(B2OC(C)(C)C(C)(C)O2)cc(Nc2cc3n(n2)CCN(CC(F)F)C3)c1=O. The predicted octanol–water partition coefficient (Wildman–Crippen LogP) is 2.73. The first-order valence-electron chi connectivity index (χ1n) is 11.4. The van der Waals surface area contributed by atoms with Gasteiger partial charge in [-0.25, -0.2) is 8.78 Å². The van der Waals surface area contributed by atoms with Gasteiger partial charge in [0.05, 0.1) is 30.0 Å². The van der Waals surface area contributed by atoms with Gasteiger partial charge in [0.1, 0.15) is 5.69 Å². The fourth-order valence-corrected chi connectivity index (χ4v) is 3.81. The molecule has 1 fully saturated rings. The second-order valence-corrected chi connectivity index (χ2v) is 9.19. The molecular weight excluding hydrogens is 431 g/mol. The summed E-state index contributed by atoms with van der Waals surface area (Å²) in [5, 5.41) is 7.57. The van der Waals surface area contributed by atoms with E-state index < -0.39 is 24.7 Å². The summed E-state index contributed by atoms with van der Waals surface area (Å²) >= 11 is 0. The summed E-state index contributed by atoms with van der Waals surface area (Å²) in [6.07, 6.45) is -0.663. The van der Waals surface area contributed by atoms with Crippen molar-refractivity contribution in [1.82, 2.24) is 19.2 Å². The van der Waals surface area contributed by atoms with Crippen molar-refractivity contribution in [2.75, 3.05) is 18.4 Å². The molecule has 0 amide bonds. The molecule has 2 aromatic heterocycles. The number of halogens is 2. The van der Waals surface area contributed by atoms with Gasteiger partial charge in [0.15, 0.2) is 5.82 Å². The molecule has 0 unspecified atom stereocenters. The molecule has 2 aromatic rings. The third-order valence-corrected chi connectivity index (χ3v) is 6.27. The molecule has 0 atom stereocenters. The Hall–Kier alpha value is -2.24. The van der Waals surface area contributed by atoms with Crippen LogP contribution < -0.4 is 16.3 Å². The standard InChI is InChI=1S/C20H28BF2N5O3.C2H6/c1-19(2)20(3,4)31-21(30-19)13-8-15(18(29)26(5)10-13)24-17-9-14-11-27(12-16(22)23)6-7-28(14)25-17;1-2/h8-10,16H,6-7,11-12H2,1-5H3,(H,24,25);1-2H3. The van der Waals surface area contributed by atoms with Crippen LogP contribution in [0.1, 0.15) is 47.2 Å². The van der Waals surface area contributed by atoms with Gasteiger partial charge in [-0.2, -0.15) is 5.10 Å². The Labute approximate surface area is 194 Å². The topological polar surface area (TPSA) is 73.6 Å². The summed E-state index contributed by atoms with van der Waals surface area (Å²) in [6, 6.07) is 3.50. The van der Waals surface area contributed by atoms with E-state index in [1.807, 2.05) is 41.5 Å². The monoisotopic (exact) mass is 465 g/mol. The van der Waals surface area contributed by atoms with E-state index in [1.165, 1.54) is 4.57 Å². The van der Waals surface area contributed by atoms with Crippen LogP contribution in [-0.4, -0.2) is 57.1 Å². The Balaban J connectivity index is 0.00000149. The van der Waals surface area contributed by atoms with Gasteiger partial charge >= 0.3 is 7.12 Å². The van der Waals surface area contributed by atoms with Crippen molar-refractivity contribution < 1.29 is 18.1 Å². The molecule has 4 rings (SSSR count). The zero-order valence-corrected chi connectivity index (χ0v) is 20.5. The van der Waals surface area contributed by atoms with Crippen LogP contribution in [0.15, 0.2) is 23.1 Å². The number of hydrogen-bond donors (Lipinski definition) is 1. The van der Waals surface area contributed by atoms with Gasteiger partial charge in [0, 0.05) is 37.9 Å². The molecule has 0 bridgehead atoms. The van der Waals surface area contributed by atoms with E-state index in [2.05, 4.69) is 10.4 Å². The van der Waals surface area contributed by atoms with Crippen LogP contribution in [0.25, 0.3) is 0 Å². The molecule has 11 heteroatoms. The smallest absolute Gasteiger partial charge is 0.399 e. The molecule has 8 nitrogen and oxygen atoms in total. The van der Waals surface area contributed by atoms with Crippen LogP contribution in [0.3, 0.4) is 0 Å². The first kappa shape index (κ1) is 25.4. The normalized spacial score (nSPS) is 19.3. The van der Waals surface area contributed by atoms with Crippen LogP contribution in [0, 0.1) is 0 Å². The summed E-state index contributed by atoms with van der Waals surface area (Å²) in [7, 11) is 1.07. The Kier molecular flexibility index (Phi) is 7.35. The third-order valence-electron chi connectivity index (χ3n) is 6.27. The number of nitrogens with one attached hydrogen (secondary N) is 1. The van der Waals surface area contributed by atoms with Gasteiger partial charge < -0.3 is 19.2 Å². The van der Waals surface area contributed by atoms with E-state index in [0.717, 1.165) is 11.2 Å². The average Bonchev–Trinajstić information content (AvgIpc) is 3.22. The second kappa shape index (κ2) is 9.56. The zero-order chi connectivity index (χ0) is 24.6. The maximum atomic E-state index is 12.7. The number of hydrogen-bond acceptors (Lipinski definition) is 6.